The zero-order chi connectivity index (χ0) is 12.1. The number of benzene rings is 1. The molecule has 0 bridgehead atoms. The molecule has 17 heavy (non-hydrogen) atoms. The first kappa shape index (κ1) is 12.4. The van der Waals surface area contributed by atoms with Crippen molar-refractivity contribution in [3.05, 3.63) is 58.5 Å². The molecule has 3 heteroatoms. The summed E-state index contributed by atoms with van der Waals surface area (Å²) >= 11 is 3.46. The van der Waals surface area contributed by atoms with Crippen molar-refractivity contribution < 1.29 is 4.42 Å². The van der Waals surface area contributed by atoms with Crippen molar-refractivity contribution in [1.82, 2.24) is 5.32 Å². The van der Waals surface area contributed by atoms with E-state index in [-0.39, 0.29) is 0 Å². The molecule has 2 nitrogen and oxygen atoms in total. The summed E-state index contributed by atoms with van der Waals surface area (Å²) in [5.74, 6) is 0.944. The van der Waals surface area contributed by atoms with Crippen molar-refractivity contribution in [2.24, 2.45) is 0 Å². The van der Waals surface area contributed by atoms with Crippen molar-refractivity contribution >= 4 is 15.9 Å². The Morgan fingerprint density at radius 2 is 2.00 bits per heavy atom. The molecule has 1 unspecified atom stereocenters. The summed E-state index contributed by atoms with van der Waals surface area (Å²) in [5.41, 5.74) is 1.32. The Kier molecular flexibility index (Phi) is 4.40. The summed E-state index contributed by atoms with van der Waals surface area (Å²) in [4.78, 5) is 0. The van der Waals surface area contributed by atoms with E-state index in [9.17, 15) is 0 Å². The normalized spacial score (nSPS) is 12.6. The first-order chi connectivity index (χ1) is 8.31. The molecule has 0 aliphatic rings. The number of nitrogens with one attached hydrogen (secondary N) is 1. The Labute approximate surface area is 110 Å². The summed E-state index contributed by atoms with van der Waals surface area (Å²) in [6.45, 7) is 2.92. The smallest absolute Gasteiger partial charge is 0.131 e. The second-order valence-corrected chi connectivity index (χ2v) is 4.80. The van der Waals surface area contributed by atoms with Crippen molar-refractivity contribution in [1.29, 1.82) is 0 Å². The zero-order valence-electron chi connectivity index (χ0n) is 9.82. The zero-order valence-corrected chi connectivity index (χ0v) is 11.4. The van der Waals surface area contributed by atoms with Gasteiger partial charge in [0.15, 0.2) is 0 Å². The molecule has 2 aromatic rings. The monoisotopic (exact) mass is 293 g/mol. The highest BCUT2D eigenvalue weighted by Gasteiger charge is 2.10. The molecule has 0 aliphatic heterocycles. The van der Waals surface area contributed by atoms with Gasteiger partial charge in [0, 0.05) is 6.04 Å². The molecule has 1 heterocycles. The van der Waals surface area contributed by atoms with Gasteiger partial charge in [0.2, 0.25) is 0 Å². The molecular formula is C14H16BrNO. The van der Waals surface area contributed by atoms with Crippen LogP contribution in [-0.4, -0.2) is 0 Å². The van der Waals surface area contributed by atoms with E-state index >= 15 is 0 Å². The van der Waals surface area contributed by atoms with Gasteiger partial charge in [-0.05, 0) is 34.0 Å². The number of halogens is 1. The predicted octanol–water partition coefficient (Wildman–Crippen LogP) is 4.28. The molecule has 0 aliphatic carbocycles. The molecular weight excluding hydrogens is 278 g/mol. The second-order valence-electron chi connectivity index (χ2n) is 3.94. The van der Waals surface area contributed by atoms with Crippen LogP contribution in [-0.2, 0) is 6.54 Å². The Balaban J connectivity index is 1.99. The van der Waals surface area contributed by atoms with Crippen LogP contribution < -0.4 is 5.32 Å². The van der Waals surface area contributed by atoms with Gasteiger partial charge in [0.1, 0.15) is 5.76 Å². The maximum Gasteiger partial charge on any atom is 0.131 e. The largest absolute Gasteiger partial charge is 0.467 e. The lowest BCUT2D eigenvalue weighted by molar-refractivity contribution is 0.441. The highest BCUT2D eigenvalue weighted by molar-refractivity contribution is 9.10. The third kappa shape index (κ3) is 3.20. The van der Waals surface area contributed by atoms with E-state index in [2.05, 4.69) is 52.4 Å². The molecule has 1 aromatic heterocycles. The minimum atomic E-state index is 0.369. The summed E-state index contributed by atoms with van der Waals surface area (Å²) in [7, 11) is 0. The quantitative estimate of drug-likeness (QED) is 0.890. The maximum absolute atomic E-state index is 5.39. The molecule has 0 radical (unpaired) electrons. The molecule has 0 spiro atoms. The molecule has 90 valence electrons. The number of hydrogen-bond acceptors (Lipinski definition) is 2. The lowest BCUT2D eigenvalue weighted by Crippen LogP contribution is -2.20. The summed E-state index contributed by atoms with van der Waals surface area (Å²) in [6, 6.07) is 12.8. The Morgan fingerprint density at radius 3 is 2.59 bits per heavy atom. The van der Waals surface area contributed by atoms with Gasteiger partial charge < -0.3 is 9.73 Å². The van der Waals surface area contributed by atoms with E-state index in [1.807, 2.05) is 12.1 Å². The van der Waals surface area contributed by atoms with Gasteiger partial charge >= 0.3 is 0 Å². The van der Waals surface area contributed by atoms with Crippen molar-refractivity contribution in [3.8, 4) is 0 Å². The van der Waals surface area contributed by atoms with Crippen LogP contribution in [0.3, 0.4) is 0 Å². The van der Waals surface area contributed by atoms with Gasteiger partial charge in [-0.3, -0.25) is 0 Å². The Morgan fingerprint density at radius 1 is 1.24 bits per heavy atom. The highest BCUT2D eigenvalue weighted by Crippen LogP contribution is 2.20. The van der Waals surface area contributed by atoms with Crippen LogP contribution in [0.15, 0.2) is 51.6 Å². The first-order valence-corrected chi connectivity index (χ1v) is 6.60. The van der Waals surface area contributed by atoms with Crippen LogP contribution in [0.5, 0.6) is 0 Å². The van der Waals surface area contributed by atoms with Crippen molar-refractivity contribution in [2.75, 3.05) is 0 Å². The van der Waals surface area contributed by atoms with Crippen LogP contribution in [0.25, 0.3) is 0 Å². The van der Waals surface area contributed by atoms with E-state index in [4.69, 9.17) is 4.42 Å². The number of furan rings is 1. The van der Waals surface area contributed by atoms with Crippen molar-refractivity contribution in [2.45, 2.75) is 25.9 Å². The molecule has 0 saturated carbocycles. The minimum absolute atomic E-state index is 0.369. The van der Waals surface area contributed by atoms with Crippen LogP contribution in [0, 0.1) is 0 Å². The van der Waals surface area contributed by atoms with Gasteiger partial charge in [-0.2, -0.15) is 0 Å². The topological polar surface area (TPSA) is 25.2 Å². The molecule has 1 N–H and O–H groups in total. The van der Waals surface area contributed by atoms with E-state index in [0.717, 1.165) is 23.2 Å². The molecule has 2 rings (SSSR count). The van der Waals surface area contributed by atoms with Gasteiger partial charge in [-0.25, -0.2) is 0 Å². The minimum Gasteiger partial charge on any atom is -0.467 e. The molecule has 0 amide bonds. The predicted molar refractivity (Wildman–Crippen MR) is 72.7 cm³/mol. The fourth-order valence-electron chi connectivity index (χ4n) is 1.85. The van der Waals surface area contributed by atoms with Gasteiger partial charge in [-0.15, -0.1) is 0 Å². The number of rotatable bonds is 5. The summed E-state index contributed by atoms with van der Waals surface area (Å²) in [5, 5.41) is 3.51. The van der Waals surface area contributed by atoms with Crippen LogP contribution in [0.1, 0.15) is 30.7 Å². The fourth-order valence-corrected chi connectivity index (χ4v) is 2.19. The second kappa shape index (κ2) is 6.03. The molecule has 0 saturated heterocycles. The summed E-state index contributed by atoms with van der Waals surface area (Å²) in [6.07, 6.45) is 2.76. The third-order valence-corrected chi connectivity index (χ3v) is 3.52. The SMILES string of the molecule is CCC(NCc1occc1Br)c1ccccc1. The third-order valence-electron chi connectivity index (χ3n) is 2.81. The fraction of sp³-hybridized carbons (Fsp3) is 0.286. The lowest BCUT2D eigenvalue weighted by atomic mass is 10.0. The lowest BCUT2D eigenvalue weighted by Gasteiger charge is -2.16. The van der Waals surface area contributed by atoms with Crippen LogP contribution in [0.4, 0.5) is 0 Å². The molecule has 0 fully saturated rings. The summed E-state index contributed by atoms with van der Waals surface area (Å²) < 4.78 is 6.41. The van der Waals surface area contributed by atoms with E-state index in [0.29, 0.717) is 6.04 Å². The van der Waals surface area contributed by atoms with E-state index in [1.54, 1.807) is 6.26 Å². The first-order valence-electron chi connectivity index (χ1n) is 5.81. The highest BCUT2D eigenvalue weighted by atomic mass is 79.9. The average Bonchev–Trinajstić information content (AvgIpc) is 2.77. The van der Waals surface area contributed by atoms with Crippen LogP contribution >= 0.6 is 15.9 Å². The maximum atomic E-state index is 5.39. The van der Waals surface area contributed by atoms with Gasteiger partial charge in [-0.1, -0.05) is 37.3 Å². The molecule has 1 aromatic carbocycles. The van der Waals surface area contributed by atoms with Gasteiger partial charge in [0.25, 0.3) is 0 Å². The standard InChI is InChI=1S/C14H16BrNO/c1-2-13(11-6-4-3-5-7-11)16-10-14-12(15)8-9-17-14/h3-9,13,16H,2,10H2,1H3. The van der Waals surface area contributed by atoms with Crippen LogP contribution in [0.2, 0.25) is 0 Å². The van der Waals surface area contributed by atoms with E-state index in [1.165, 1.54) is 5.56 Å². The van der Waals surface area contributed by atoms with Crippen molar-refractivity contribution in [3.63, 3.8) is 0 Å². The Bertz CT molecular complexity index is 452. The average molecular weight is 294 g/mol. The molecule has 1 atom stereocenters. The number of hydrogen-bond donors (Lipinski definition) is 1. The van der Waals surface area contributed by atoms with E-state index < -0.39 is 0 Å². The Hall–Kier alpha value is -1.06. The van der Waals surface area contributed by atoms with Gasteiger partial charge in [0.05, 0.1) is 17.3 Å².